The van der Waals surface area contributed by atoms with Gasteiger partial charge in [0.15, 0.2) is 5.17 Å². The molecule has 1 atom stereocenters. The molecule has 29 heavy (non-hydrogen) atoms. The Bertz CT molecular complexity index is 784. The SMILES string of the molecule is CCC(CC)NC(=O)c1ccc(NC(=O)C[C@H]2SC(N3CCCC3)=NC2=O)cc1. The molecule has 2 N–H and O–H groups in total. The number of hydrogen-bond donors (Lipinski definition) is 2. The summed E-state index contributed by atoms with van der Waals surface area (Å²) < 4.78 is 0. The van der Waals surface area contributed by atoms with Crippen molar-refractivity contribution in [2.45, 2.75) is 57.2 Å². The lowest BCUT2D eigenvalue weighted by atomic mass is 10.1. The zero-order chi connectivity index (χ0) is 20.8. The molecule has 8 heteroatoms. The van der Waals surface area contributed by atoms with Gasteiger partial charge in [0.25, 0.3) is 11.8 Å². The lowest BCUT2D eigenvalue weighted by molar-refractivity contribution is -0.121. The molecule has 156 valence electrons. The van der Waals surface area contributed by atoms with Crippen LogP contribution >= 0.6 is 11.8 Å². The number of aliphatic imine (C=N–C) groups is 1. The topological polar surface area (TPSA) is 90.9 Å². The highest BCUT2D eigenvalue weighted by atomic mass is 32.2. The van der Waals surface area contributed by atoms with Crippen molar-refractivity contribution >= 4 is 40.3 Å². The quantitative estimate of drug-likeness (QED) is 0.713. The van der Waals surface area contributed by atoms with Gasteiger partial charge in [-0.05, 0) is 49.9 Å². The third-order valence-corrected chi connectivity index (χ3v) is 6.44. The first-order valence-corrected chi connectivity index (χ1v) is 11.1. The Kier molecular flexibility index (Phi) is 7.30. The van der Waals surface area contributed by atoms with E-state index in [0.29, 0.717) is 11.3 Å². The number of carbonyl (C=O) groups is 3. The van der Waals surface area contributed by atoms with E-state index in [9.17, 15) is 14.4 Å². The molecule has 2 heterocycles. The average Bonchev–Trinajstić information content (AvgIpc) is 3.37. The van der Waals surface area contributed by atoms with Crippen LogP contribution in [0.15, 0.2) is 29.3 Å². The summed E-state index contributed by atoms with van der Waals surface area (Å²) in [5.41, 5.74) is 1.16. The normalized spacial score (nSPS) is 18.9. The van der Waals surface area contributed by atoms with Crippen LogP contribution in [0.1, 0.15) is 56.3 Å². The van der Waals surface area contributed by atoms with E-state index in [2.05, 4.69) is 20.5 Å². The van der Waals surface area contributed by atoms with E-state index in [1.54, 1.807) is 24.3 Å². The molecule has 0 aromatic heterocycles. The van der Waals surface area contributed by atoms with Crippen LogP contribution in [-0.4, -0.2) is 52.2 Å². The van der Waals surface area contributed by atoms with Gasteiger partial charge >= 0.3 is 0 Å². The summed E-state index contributed by atoms with van der Waals surface area (Å²) in [6, 6.07) is 6.95. The first-order chi connectivity index (χ1) is 14.0. The van der Waals surface area contributed by atoms with Gasteiger partial charge in [0.2, 0.25) is 5.91 Å². The number of thioether (sulfide) groups is 1. The van der Waals surface area contributed by atoms with E-state index in [1.165, 1.54) is 11.8 Å². The van der Waals surface area contributed by atoms with Crippen molar-refractivity contribution in [2.75, 3.05) is 18.4 Å². The molecular weight excluding hydrogens is 388 g/mol. The Morgan fingerprint density at radius 3 is 2.45 bits per heavy atom. The van der Waals surface area contributed by atoms with E-state index in [0.717, 1.165) is 43.9 Å². The second-order valence-corrected chi connectivity index (χ2v) is 8.52. The lowest BCUT2D eigenvalue weighted by Crippen LogP contribution is -2.33. The number of hydrogen-bond acceptors (Lipinski definition) is 5. The van der Waals surface area contributed by atoms with Crippen LogP contribution in [0.4, 0.5) is 5.69 Å². The molecular formula is C21H28N4O3S. The molecule has 1 aromatic rings. The zero-order valence-corrected chi connectivity index (χ0v) is 17.8. The van der Waals surface area contributed by atoms with Gasteiger partial charge in [-0.15, -0.1) is 0 Å². The van der Waals surface area contributed by atoms with Gasteiger partial charge in [-0.3, -0.25) is 14.4 Å². The van der Waals surface area contributed by atoms with Crippen molar-refractivity contribution < 1.29 is 14.4 Å². The molecule has 0 spiro atoms. The number of carbonyl (C=O) groups excluding carboxylic acids is 3. The smallest absolute Gasteiger partial charge is 0.262 e. The molecule has 2 aliphatic heterocycles. The molecule has 7 nitrogen and oxygen atoms in total. The first-order valence-electron chi connectivity index (χ1n) is 10.2. The van der Waals surface area contributed by atoms with Gasteiger partial charge in [0.05, 0.1) is 0 Å². The van der Waals surface area contributed by atoms with Crippen molar-refractivity contribution in [3.8, 4) is 0 Å². The average molecular weight is 417 g/mol. The third kappa shape index (κ3) is 5.59. The highest BCUT2D eigenvalue weighted by Gasteiger charge is 2.33. The van der Waals surface area contributed by atoms with Crippen LogP contribution in [0.25, 0.3) is 0 Å². The zero-order valence-electron chi connectivity index (χ0n) is 16.9. The van der Waals surface area contributed by atoms with Gasteiger partial charge in [0.1, 0.15) is 5.25 Å². The fourth-order valence-corrected chi connectivity index (χ4v) is 4.52. The molecule has 0 saturated carbocycles. The van der Waals surface area contributed by atoms with Crippen LogP contribution in [0, 0.1) is 0 Å². The molecule has 1 saturated heterocycles. The van der Waals surface area contributed by atoms with Gasteiger partial charge < -0.3 is 15.5 Å². The van der Waals surface area contributed by atoms with Crippen molar-refractivity contribution in [1.29, 1.82) is 0 Å². The first kappa shape index (κ1) is 21.4. The number of anilines is 1. The number of nitrogens with zero attached hydrogens (tertiary/aromatic N) is 2. The predicted molar refractivity (Wildman–Crippen MR) is 116 cm³/mol. The second kappa shape index (κ2) is 9.91. The van der Waals surface area contributed by atoms with E-state index < -0.39 is 5.25 Å². The molecule has 0 unspecified atom stereocenters. The van der Waals surface area contributed by atoms with Crippen LogP contribution in [-0.2, 0) is 9.59 Å². The molecule has 3 amide bonds. The Morgan fingerprint density at radius 1 is 1.17 bits per heavy atom. The molecule has 1 fully saturated rings. The predicted octanol–water partition coefficient (Wildman–Crippen LogP) is 3.03. The van der Waals surface area contributed by atoms with E-state index in [4.69, 9.17) is 0 Å². The Balaban J connectivity index is 1.49. The summed E-state index contributed by atoms with van der Waals surface area (Å²) >= 11 is 1.38. The Labute approximate surface area is 175 Å². The number of amidine groups is 1. The highest BCUT2D eigenvalue weighted by molar-refractivity contribution is 8.15. The lowest BCUT2D eigenvalue weighted by Gasteiger charge is -2.16. The maximum Gasteiger partial charge on any atom is 0.262 e. The van der Waals surface area contributed by atoms with Crippen LogP contribution in [0.5, 0.6) is 0 Å². The highest BCUT2D eigenvalue weighted by Crippen LogP contribution is 2.29. The maximum absolute atomic E-state index is 12.4. The largest absolute Gasteiger partial charge is 0.351 e. The molecule has 3 rings (SSSR count). The molecule has 1 aromatic carbocycles. The monoisotopic (exact) mass is 416 g/mol. The van der Waals surface area contributed by atoms with Gasteiger partial charge in [-0.2, -0.15) is 4.99 Å². The minimum Gasteiger partial charge on any atom is -0.351 e. The van der Waals surface area contributed by atoms with E-state index in [1.807, 2.05) is 13.8 Å². The molecule has 0 radical (unpaired) electrons. The standard InChI is InChI=1S/C21H28N4O3S/c1-3-15(4-2)23-19(27)14-7-9-16(10-8-14)22-18(26)13-17-20(28)24-21(29-17)25-11-5-6-12-25/h7-10,15,17H,3-6,11-13H2,1-2H3,(H,22,26)(H,23,27)/t17-/m1/s1. The summed E-state index contributed by atoms with van der Waals surface area (Å²) in [5, 5.41) is 6.08. The summed E-state index contributed by atoms with van der Waals surface area (Å²) in [5.74, 6) is -0.584. The van der Waals surface area contributed by atoms with Gasteiger partial charge in [0, 0.05) is 36.8 Å². The van der Waals surface area contributed by atoms with Crippen molar-refractivity contribution in [3.05, 3.63) is 29.8 Å². The van der Waals surface area contributed by atoms with E-state index in [-0.39, 0.29) is 30.2 Å². The number of nitrogens with one attached hydrogen (secondary N) is 2. The summed E-state index contributed by atoms with van der Waals surface area (Å²) in [6.45, 7) is 5.93. The third-order valence-electron chi connectivity index (χ3n) is 5.23. The minimum absolute atomic E-state index is 0.0846. The van der Waals surface area contributed by atoms with Crippen molar-refractivity contribution in [2.24, 2.45) is 4.99 Å². The number of amides is 3. The molecule has 0 aliphatic carbocycles. The number of benzene rings is 1. The molecule has 2 aliphatic rings. The van der Waals surface area contributed by atoms with Crippen LogP contribution < -0.4 is 10.6 Å². The van der Waals surface area contributed by atoms with Crippen molar-refractivity contribution in [3.63, 3.8) is 0 Å². The summed E-state index contributed by atoms with van der Waals surface area (Å²) in [7, 11) is 0. The maximum atomic E-state index is 12.4. The summed E-state index contributed by atoms with van der Waals surface area (Å²) in [4.78, 5) is 43.0. The van der Waals surface area contributed by atoms with Crippen LogP contribution in [0.2, 0.25) is 0 Å². The van der Waals surface area contributed by atoms with Gasteiger partial charge in [-0.25, -0.2) is 0 Å². The van der Waals surface area contributed by atoms with Gasteiger partial charge in [-0.1, -0.05) is 25.6 Å². The number of rotatable bonds is 7. The second-order valence-electron chi connectivity index (χ2n) is 7.35. The molecule has 0 bridgehead atoms. The Hall–Kier alpha value is -2.35. The minimum atomic E-state index is -0.462. The fraction of sp³-hybridized carbons (Fsp3) is 0.524. The van der Waals surface area contributed by atoms with E-state index >= 15 is 0 Å². The number of likely N-dealkylation sites (tertiary alicyclic amines) is 1. The van der Waals surface area contributed by atoms with Crippen molar-refractivity contribution in [1.82, 2.24) is 10.2 Å². The van der Waals surface area contributed by atoms with Crippen LogP contribution in [0.3, 0.4) is 0 Å². The fourth-order valence-electron chi connectivity index (χ4n) is 3.40. The summed E-state index contributed by atoms with van der Waals surface area (Å²) in [6.07, 6.45) is 4.09. The Morgan fingerprint density at radius 2 is 1.83 bits per heavy atom.